The molecule has 1 saturated carbocycles. The zero-order chi connectivity index (χ0) is 15.0. The van der Waals surface area contributed by atoms with Crippen molar-refractivity contribution in [2.75, 3.05) is 29.9 Å². The first-order chi connectivity index (χ1) is 10.1. The lowest BCUT2D eigenvalue weighted by Crippen LogP contribution is -2.28. The van der Waals surface area contributed by atoms with Crippen molar-refractivity contribution in [3.63, 3.8) is 0 Å². The van der Waals surface area contributed by atoms with Gasteiger partial charge >= 0.3 is 0 Å². The minimum absolute atomic E-state index is 0.0636. The van der Waals surface area contributed by atoms with Gasteiger partial charge in [0.05, 0.1) is 5.92 Å². The molecular weight excluding hydrogens is 266 g/mol. The minimum atomic E-state index is -0.210. The lowest BCUT2D eigenvalue weighted by Gasteiger charge is -2.22. The maximum absolute atomic E-state index is 11.4. The van der Waals surface area contributed by atoms with Crippen LogP contribution in [-0.4, -0.2) is 35.5 Å². The number of nitrogens with zero attached hydrogens (tertiary/aromatic N) is 3. The highest BCUT2D eigenvalue weighted by molar-refractivity contribution is 5.78. The predicted octanol–water partition coefficient (Wildman–Crippen LogP) is 1.41. The average molecular weight is 289 g/mol. The fourth-order valence-electron chi connectivity index (χ4n) is 2.88. The Morgan fingerprint density at radius 1 is 1.38 bits per heavy atom. The molecule has 3 rings (SSSR count). The number of hydrogen-bond acceptors (Lipinski definition) is 5. The van der Waals surface area contributed by atoms with E-state index in [2.05, 4.69) is 22.1 Å². The number of nitrogens with one attached hydrogen (secondary N) is 1. The fraction of sp³-hybridized carbons (Fsp3) is 0.667. The molecule has 1 aliphatic carbocycles. The topological polar surface area (TPSA) is 84.1 Å². The van der Waals surface area contributed by atoms with Crippen molar-refractivity contribution < 1.29 is 4.79 Å². The van der Waals surface area contributed by atoms with Crippen molar-refractivity contribution in [3.8, 4) is 0 Å². The molecule has 0 radical (unpaired) electrons. The van der Waals surface area contributed by atoms with E-state index in [0.29, 0.717) is 12.5 Å². The summed E-state index contributed by atoms with van der Waals surface area (Å²) < 4.78 is 0. The zero-order valence-electron chi connectivity index (χ0n) is 12.7. The Balaban J connectivity index is 1.91. The summed E-state index contributed by atoms with van der Waals surface area (Å²) in [5, 5.41) is 3.33. The molecule has 1 unspecified atom stereocenters. The lowest BCUT2D eigenvalue weighted by atomic mass is 10.1. The van der Waals surface area contributed by atoms with Crippen LogP contribution in [0.1, 0.15) is 43.5 Å². The van der Waals surface area contributed by atoms with Crippen molar-refractivity contribution in [1.29, 1.82) is 0 Å². The van der Waals surface area contributed by atoms with Crippen molar-refractivity contribution in [2.24, 2.45) is 11.7 Å². The van der Waals surface area contributed by atoms with Crippen molar-refractivity contribution >= 4 is 17.5 Å². The van der Waals surface area contributed by atoms with Gasteiger partial charge in [-0.1, -0.05) is 0 Å². The van der Waals surface area contributed by atoms with Gasteiger partial charge in [-0.05, 0) is 33.1 Å². The van der Waals surface area contributed by atoms with Gasteiger partial charge in [0.2, 0.25) is 5.91 Å². The molecule has 6 nitrogen and oxygen atoms in total. The van der Waals surface area contributed by atoms with Gasteiger partial charge < -0.3 is 16.0 Å². The van der Waals surface area contributed by atoms with Crippen molar-refractivity contribution in [2.45, 2.75) is 39.0 Å². The summed E-state index contributed by atoms with van der Waals surface area (Å²) in [6.45, 7) is 6.45. The Kier molecular flexibility index (Phi) is 3.69. The SMILES string of the molecule is CCNc1nc(C2CC2)nc(N2CCC(C(N)=O)C2)c1C. The molecule has 0 spiro atoms. The molecule has 1 amide bonds. The normalized spacial score (nSPS) is 21.6. The summed E-state index contributed by atoms with van der Waals surface area (Å²) in [6, 6.07) is 0. The third kappa shape index (κ3) is 2.80. The van der Waals surface area contributed by atoms with Crippen LogP contribution < -0.4 is 16.0 Å². The van der Waals surface area contributed by atoms with Crippen LogP contribution in [0.2, 0.25) is 0 Å². The van der Waals surface area contributed by atoms with Crippen LogP contribution in [0, 0.1) is 12.8 Å². The molecule has 1 aromatic heterocycles. The molecule has 1 saturated heterocycles. The van der Waals surface area contributed by atoms with Crippen molar-refractivity contribution in [3.05, 3.63) is 11.4 Å². The summed E-state index contributed by atoms with van der Waals surface area (Å²) in [5.74, 6) is 3.06. The number of aromatic nitrogens is 2. The molecule has 3 N–H and O–H groups in total. The number of carbonyl (C=O) groups excluding carboxylic acids is 1. The van der Waals surface area contributed by atoms with Crippen LogP contribution in [0.5, 0.6) is 0 Å². The standard InChI is InChI=1S/C15H23N5O/c1-3-17-13-9(2)15(19-14(18-13)10-4-5-10)20-7-6-11(8-20)12(16)21/h10-11H,3-8H2,1-2H3,(H2,16,21)(H,17,18,19). The number of nitrogens with two attached hydrogens (primary N) is 1. The second-order valence-corrected chi connectivity index (χ2v) is 6.02. The average Bonchev–Trinajstić information content (AvgIpc) is 3.18. The first-order valence-electron chi connectivity index (χ1n) is 7.76. The van der Waals surface area contributed by atoms with Gasteiger partial charge in [0.25, 0.3) is 0 Å². The monoisotopic (exact) mass is 289 g/mol. The lowest BCUT2D eigenvalue weighted by molar-refractivity contribution is -0.121. The van der Waals surface area contributed by atoms with Gasteiger partial charge in [-0.15, -0.1) is 0 Å². The molecule has 114 valence electrons. The number of carbonyl (C=O) groups is 1. The van der Waals surface area contributed by atoms with E-state index in [4.69, 9.17) is 10.7 Å². The third-order valence-corrected chi connectivity index (χ3v) is 4.31. The molecule has 2 fully saturated rings. The number of hydrogen-bond donors (Lipinski definition) is 2. The Hall–Kier alpha value is -1.85. The van der Waals surface area contributed by atoms with E-state index in [9.17, 15) is 4.79 Å². The highest BCUT2D eigenvalue weighted by Crippen LogP contribution is 2.40. The maximum atomic E-state index is 11.4. The van der Waals surface area contributed by atoms with E-state index in [1.165, 1.54) is 12.8 Å². The number of amides is 1. The third-order valence-electron chi connectivity index (χ3n) is 4.31. The predicted molar refractivity (Wildman–Crippen MR) is 82.4 cm³/mol. The van der Waals surface area contributed by atoms with Gasteiger partial charge in [-0.2, -0.15) is 0 Å². The van der Waals surface area contributed by atoms with Gasteiger partial charge in [0.1, 0.15) is 17.5 Å². The molecule has 21 heavy (non-hydrogen) atoms. The van der Waals surface area contributed by atoms with Crippen LogP contribution in [0.4, 0.5) is 11.6 Å². The highest BCUT2D eigenvalue weighted by atomic mass is 16.1. The van der Waals surface area contributed by atoms with E-state index in [0.717, 1.165) is 42.5 Å². The molecule has 6 heteroatoms. The molecule has 2 heterocycles. The van der Waals surface area contributed by atoms with E-state index in [1.54, 1.807) is 0 Å². The summed E-state index contributed by atoms with van der Waals surface area (Å²) in [4.78, 5) is 23.0. The first-order valence-corrected chi connectivity index (χ1v) is 7.76. The fourth-order valence-corrected chi connectivity index (χ4v) is 2.88. The Labute approximate surface area is 125 Å². The quantitative estimate of drug-likeness (QED) is 0.856. The van der Waals surface area contributed by atoms with Crippen LogP contribution in [0.25, 0.3) is 0 Å². The number of rotatable bonds is 5. The molecule has 0 aromatic carbocycles. The Morgan fingerprint density at radius 3 is 2.71 bits per heavy atom. The summed E-state index contributed by atoms with van der Waals surface area (Å²) in [7, 11) is 0. The molecular formula is C15H23N5O. The van der Waals surface area contributed by atoms with Gasteiger partial charge in [-0.3, -0.25) is 4.79 Å². The number of primary amides is 1. The highest BCUT2D eigenvalue weighted by Gasteiger charge is 2.32. The largest absolute Gasteiger partial charge is 0.370 e. The smallest absolute Gasteiger partial charge is 0.222 e. The number of anilines is 2. The van der Waals surface area contributed by atoms with Gasteiger partial charge in [0, 0.05) is 31.1 Å². The van der Waals surface area contributed by atoms with Gasteiger partial charge in [-0.25, -0.2) is 9.97 Å². The summed E-state index contributed by atoms with van der Waals surface area (Å²) in [5.41, 5.74) is 6.49. The van der Waals surface area contributed by atoms with Gasteiger partial charge in [0.15, 0.2) is 0 Å². The molecule has 1 aliphatic heterocycles. The van der Waals surface area contributed by atoms with Crippen LogP contribution in [-0.2, 0) is 4.79 Å². The van der Waals surface area contributed by atoms with E-state index in [1.807, 2.05) is 6.92 Å². The molecule has 1 aromatic rings. The Bertz CT molecular complexity index is 555. The van der Waals surface area contributed by atoms with E-state index >= 15 is 0 Å². The zero-order valence-corrected chi connectivity index (χ0v) is 12.7. The van der Waals surface area contributed by atoms with Crippen LogP contribution in [0.3, 0.4) is 0 Å². The van der Waals surface area contributed by atoms with E-state index in [-0.39, 0.29) is 11.8 Å². The molecule has 0 bridgehead atoms. The first kappa shape index (κ1) is 14.1. The van der Waals surface area contributed by atoms with Crippen LogP contribution in [0.15, 0.2) is 0 Å². The Morgan fingerprint density at radius 2 is 2.14 bits per heavy atom. The maximum Gasteiger partial charge on any atom is 0.222 e. The molecule has 1 atom stereocenters. The minimum Gasteiger partial charge on any atom is -0.370 e. The summed E-state index contributed by atoms with van der Waals surface area (Å²) in [6.07, 6.45) is 3.17. The van der Waals surface area contributed by atoms with Crippen molar-refractivity contribution in [1.82, 2.24) is 9.97 Å². The second-order valence-electron chi connectivity index (χ2n) is 6.02. The second kappa shape index (κ2) is 5.50. The molecule has 2 aliphatic rings. The van der Waals surface area contributed by atoms with Crippen LogP contribution >= 0.6 is 0 Å². The summed E-state index contributed by atoms with van der Waals surface area (Å²) >= 11 is 0. The van der Waals surface area contributed by atoms with E-state index < -0.39 is 0 Å².